The van der Waals surface area contributed by atoms with E-state index in [4.69, 9.17) is 9.47 Å². The van der Waals surface area contributed by atoms with E-state index in [1.54, 1.807) is 14.0 Å². The van der Waals surface area contributed by atoms with Crippen LogP contribution < -0.4 is 0 Å². The zero-order valence-corrected chi connectivity index (χ0v) is 21.4. The highest BCUT2D eigenvalue weighted by Gasteiger charge is 2.44. The van der Waals surface area contributed by atoms with Crippen molar-refractivity contribution in [3.8, 4) is 0 Å². The lowest BCUT2D eigenvalue weighted by Gasteiger charge is -2.47. The molecule has 35 heavy (non-hydrogen) atoms. The molecule has 0 radical (unpaired) electrons. The monoisotopic (exact) mass is 481 g/mol. The molecule has 0 bridgehead atoms. The van der Waals surface area contributed by atoms with Gasteiger partial charge in [-0.1, -0.05) is 56.3 Å². The fraction of sp³-hybridized carbons (Fsp3) is 0.552. The Kier molecular flexibility index (Phi) is 7.96. The van der Waals surface area contributed by atoms with Crippen LogP contribution in [-0.2, 0) is 39.5 Å². The van der Waals surface area contributed by atoms with Crippen molar-refractivity contribution >= 4 is 5.97 Å². The lowest BCUT2D eigenvalue weighted by Crippen LogP contribution is -2.51. The van der Waals surface area contributed by atoms with Crippen molar-refractivity contribution in [1.82, 2.24) is 4.90 Å². The maximum Gasteiger partial charge on any atom is 0.343 e. The third-order valence-electron chi connectivity index (χ3n) is 7.88. The highest BCUT2D eigenvalue weighted by atomic mass is 16.6. The number of carbonyl (C=O) groups is 1. The Hall–Kier alpha value is -2.25. The standard InChI is InChI=1S/C29H39NO5/c1-19(2)12-21-16-30-11-10-20-13-22(17-31)23(18-32)14-25(20)26(30)15-27(21)35-28(33)29(3,34-4)24-8-6-5-7-9-24/h5-9,13-14,19,21,26-27,31-32H,10-12,15-18H2,1-4H3/t21-,26+,27-,29-/m1/s1. The van der Waals surface area contributed by atoms with E-state index in [0.29, 0.717) is 12.3 Å². The zero-order chi connectivity index (χ0) is 25.2. The number of carbonyl (C=O) groups excluding carboxylic acids is 1. The summed E-state index contributed by atoms with van der Waals surface area (Å²) in [6, 6.07) is 13.7. The van der Waals surface area contributed by atoms with E-state index in [2.05, 4.69) is 18.7 Å². The SMILES string of the molecule is CO[C@@](C)(C(=O)O[C@@H]1C[C@H]2c3cc(CO)c(CO)cc3CCN2C[C@H]1CC(C)C)c1ccccc1. The number of rotatable bonds is 8. The van der Waals surface area contributed by atoms with Crippen LogP contribution in [0.25, 0.3) is 0 Å². The number of methoxy groups -OCH3 is 1. The molecule has 4 atom stereocenters. The molecule has 2 aliphatic heterocycles. The predicted octanol–water partition coefficient (Wildman–Crippen LogP) is 4.11. The lowest BCUT2D eigenvalue weighted by molar-refractivity contribution is -0.182. The maximum atomic E-state index is 13.6. The Morgan fingerprint density at radius 1 is 1.14 bits per heavy atom. The third kappa shape index (κ3) is 5.17. The average Bonchev–Trinajstić information content (AvgIpc) is 2.87. The molecule has 2 N–H and O–H groups in total. The first-order valence-corrected chi connectivity index (χ1v) is 12.7. The number of hydrogen-bond donors (Lipinski definition) is 2. The molecule has 0 saturated carbocycles. The van der Waals surface area contributed by atoms with Gasteiger partial charge in [-0.15, -0.1) is 0 Å². The molecular weight excluding hydrogens is 442 g/mol. The van der Waals surface area contributed by atoms with E-state index in [1.807, 2.05) is 42.5 Å². The van der Waals surface area contributed by atoms with Crippen molar-refractivity contribution in [2.45, 2.75) is 71.0 Å². The van der Waals surface area contributed by atoms with Gasteiger partial charge in [0.25, 0.3) is 0 Å². The van der Waals surface area contributed by atoms with E-state index >= 15 is 0 Å². The summed E-state index contributed by atoms with van der Waals surface area (Å²) in [5, 5.41) is 19.6. The smallest absolute Gasteiger partial charge is 0.343 e. The fourth-order valence-corrected chi connectivity index (χ4v) is 5.82. The van der Waals surface area contributed by atoms with Gasteiger partial charge in [0.05, 0.1) is 13.2 Å². The Balaban J connectivity index is 1.63. The summed E-state index contributed by atoms with van der Waals surface area (Å²) in [6.07, 6.45) is 2.37. The van der Waals surface area contributed by atoms with Gasteiger partial charge in [-0.2, -0.15) is 0 Å². The highest BCUT2D eigenvalue weighted by Crippen LogP contribution is 2.42. The second-order valence-electron chi connectivity index (χ2n) is 10.6. The Bertz CT molecular complexity index is 1020. The van der Waals surface area contributed by atoms with Gasteiger partial charge in [-0.3, -0.25) is 4.90 Å². The minimum absolute atomic E-state index is 0.0800. The van der Waals surface area contributed by atoms with E-state index in [9.17, 15) is 15.0 Å². The van der Waals surface area contributed by atoms with Crippen LogP contribution in [0.4, 0.5) is 0 Å². The van der Waals surface area contributed by atoms with Crippen molar-refractivity contribution in [2.24, 2.45) is 11.8 Å². The quantitative estimate of drug-likeness (QED) is 0.553. The van der Waals surface area contributed by atoms with Crippen LogP contribution in [0.2, 0.25) is 0 Å². The van der Waals surface area contributed by atoms with Crippen molar-refractivity contribution < 1.29 is 24.5 Å². The number of fused-ring (bicyclic) bond motifs is 3. The highest BCUT2D eigenvalue weighted by molar-refractivity contribution is 5.81. The third-order valence-corrected chi connectivity index (χ3v) is 7.88. The summed E-state index contributed by atoms with van der Waals surface area (Å²) < 4.78 is 12.0. The summed E-state index contributed by atoms with van der Waals surface area (Å²) in [7, 11) is 1.55. The molecule has 0 unspecified atom stereocenters. The molecule has 0 aromatic heterocycles. The molecule has 6 nitrogen and oxygen atoms in total. The van der Waals surface area contributed by atoms with Gasteiger partial charge in [-0.25, -0.2) is 4.79 Å². The van der Waals surface area contributed by atoms with E-state index < -0.39 is 5.60 Å². The summed E-state index contributed by atoms with van der Waals surface area (Å²) in [6.45, 7) is 7.82. The largest absolute Gasteiger partial charge is 0.460 e. The summed E-state index contributed by atoms with van der Waals surface area (Å²) >= 11 is 0. The molecule has 2 aliphatic rings. The number of esters is 1. The zero-order valence-electron chi connectivity index (χ0n) is 21.4. The summed E-state index contributed by atoms with van der Waals surface area (Å²) in [5.74, 6) is 0.370. The van der Waals surface area contributed by atoms with Gasteiger partial charge in [-0.05, 0) is 53.5 Å². The number of hydrogen-bond acceptors (Lipinski definition) is 6. The molecule has 6 heteroatoms. The predicted molar refractivity (Wildman–Crippen MR) is 135 cm³/mol. The normalized spacial score (nSPS) is 23.9. The van der Waals surface area contributed by atoms with Crippen molar-refractivity contribution in [2.75, 3.05) is 20.2 Å². The molecule has 0 amide bonds. The second kappa shape index (κ2) is 10.8. The van der Waals surface area contributed by atoms with Crippen LogP contribution in [0, 0.1) is 11.8 Å². The van der Waals surface area contributed by atoms with E-state index in [1.165, 1.54) is 11.1 Å². The number of nitrogens with zero attached hydrogens (tertiary/aromatic N) is 1. The van der Waals surface area contributed by atoms with Gasteiger partial charge in [0.1, 0.15) is 6.10 Å². The number of benzene rings is 2. The second-order valence-corrected chi connectivity index (χ2v) is 10.6. The first kappa shape index (κ1) is 25.8. The molecule has 2 aromatic carbocycles. The Labute approximate surface area is 208 Å². The Morgan fingerprint density at radius 3 is 2.46 bits per heavy atom. The van der Waals surface area contributed by atoms with Gasteiger partial charge in [0.15, 0.2) is 5.60 Å². The molecule has 1 fully saturated rings. The first-order chi connectivity index (χ1) is 16.8. The van der Waals surface area contributed by atoms with Crippen LogP contribution in [0.15, 0.2) is 42.5 Å². The van der Waals surface area contributed by atoms with Gasteiger partial charge in [0.2, 0.25) is 0 Å². The van der Waals surface area contributed by atoms with Gasteiger partial charge >= 0.3 is 5.97 Å². The van der Waals surface area contributed by atoms with Crippen LogP contribution >= 0.6 is 0 Å². The maximum absolute atomic E-state index is 13.6. The summed E-state index contributed by atoms with van der Waals surface area (Å²) in [5.41, 5.74) is 3.55. The number of aliphatic hydroxyl groups excluding tert-OH is 2. The molecule has 2 heterocycles. The van der Waals surface area contributed by atoms with Crippen molar-refractivity contribution in [3.05, 3.63) is 70.3 Å². The van der Waals surface area contributed by atoms with E-state index in [-0.39, 0.29) is 37.2 Å². The molecule has 0 spiro atoms. The van der Waals surface area contributed by atoms with Crippen molar-refractivity contribution in [1.29, 1.82) is 0 Å². The molecule has 190 valence electrons. The minimum Gasteiger partial charge on any atom is -0.460 e. The molecular formula is C29H39NO5. The van der Waals surface area contributed by atoms with Gasteiger partial charge in [0, 0.05) is 38.6 Å². The molecule has 2 aromatic rings. The minimum atomic E-state index is -1.18. The van der Waals surface area contributed by atoms with Gasteiger partial charge < -0.3 is 19.7 Å². The molecule has 0 aliphatic carbocycles. The molecule has 1 saturated heterocycles. The first-order valence-electron chi connectivity index (χ1n) is 12.7. The van der Waals surface area contributed by atoms with Crippen LogP contribution in [-0.4, -0.2) is 47.4 Å². The van der Waals surface area contributed by atoms with Crippen LogP contribution in [0.3, 0.4) is 0 Å². The number of ether oxygens (including phenoxy) is 2. The van der Waals surface area contributed by atoms with Crippen molar-refractivity contribution in [3.63, 3.8) is 0 Å². The van der Waals surface area contributed by atoms with E-state index in [0.717, 1.165) is 42.6 Å². The fourth-order valence-electron chi connectivity index (χ4n) is 5.82. The summed E-state index contributed by atoms with van der Waals surface area (Å²) in [4.78, 5) is 16.1. The molecule has 4 rings (SSSR count). The van der Waals surface area contributed by atoms with Crippen LogP contribution in [0.5, 0.6) is 0 Å². The number of piperidine rings is 1. The average molecular weight is 482 g/mol. The number of aliphatic hydroxyl groups is 2. The van der Waals surface area contributed by atoms with Crippen LogP contribution in [0.1, 0.15) is 67.5 Å². The topological polar surface area (TPSA) is 79.2 Å². The Morgan fingerprint density at radius 2 is 1.83 bits per heavy atom. The lowest BCUT2D eigenvalue weighted by atomic mass is 9.78.